The third-order valence-electron chi connectivity index (χ3n) is 5.13. The molecule has 1 N–H and O–H groups in total. The number of imidazole rings is 2. The summed E-state index contributed by atoms with van der Waals surface area (Å²) in [7, 11) is 1.71. The second-order valence-corrected chi connectivity index (χ2v) is 6.91. The lowest BCUT2D eigenvalue weighted by Crippen LogP contribution is -2.35. The average Bonchev–Trinajstić information content (AvgIpc) is 3.39. The minimum Gasteiger partial charge on any atom is -0.365 e. The van der Waals surface area contributed by atoms with Gasteiger partial charge in [0.1, 0.15) is 11.5 Å². The molecule has 0 bridgehead atoms. The number of nitro benzene ring substituents is 1. The highest BCUT2D eigenvalue weighted by atomic mass is 16.6. The summed E-state index contributed by atoms with van der Waals surface area (Å²) >= 11 is 0. The molecule has 1 unspecified atom stereocenters. The molecule has 9 heteroatoms. The lowest BCUT2D eigenvalue weighted by atomic mass is 9.96. The first-order valence-electron chi connectivity index (χ1n) is 9.09. The summed E-state index contributed by atoms with van der Waals surface area (Å²) < 4.78 is 1.60. The van der Waals surface area contributed by atoms with Crippen molar-refractivity contribution in [2.45, 2.75) is 18.8 Å². The van der Waals surface area contributed by atoms with Gasteiger partial charge in [-0.05, 0) is 25.0 Å². The van der Waals surface area contributed by atoms with Crippen molar-refractivity contribution < 1.29 is 9.72 Å². The monoisotopic (exact) mass is 380 g/mol. The van der Waals surface area contributed by atoms with E-state index in [-0.39, 0.29) is 28.8 Å². The maximum atomic E-state index is 12.7. The minimum absolute atomic E-state index is 0.0693. The van der Waals surface area contributed by atoms with Crippen molar-refractivity contribution in [2.24, 2.45) is 7.05 Å². The number of nitrogens with one attached hydrogen (secondary N) is 1. The van der Waals surface area contributed by atoms with E-state index in [2.05, 4.69) is 15.0 Å². The fourth-order valence-electron chi connectivity index (χ4n) is 3.71. The molecule has 144 valence electrons. The number of benzene rings is 1. The second kappa shape index (κ2) is 7.26. The SMILES string of the molecule is Cn1ccnc1C(=O)c1ccc(N2CCCC(c3ncc[nH]3)C2)c([N+](=O)[O-])c1. The van der Waals surface area contributed by atoms with Crippen LogP contribution in [0.2, 0.25) is 0 Å². The summed E-state index contributed by atoms with van der Waals surface area (Å²) in [6, 6.07) is 4.65. The Morgan fingerprint density at radius 3 is 2.86 bits per heavy atom. The number of aromatic nitrogens is 4. The van der Waals surface area contributed by atoms with Gasteiger partial charge < -0.3 is 14.5 Å². The highest BCUT2D eigenvalue weighted by molar-refractivity contribution is 6.07. The number of H-pyrrole nitrogens is 1. The molecular weight excluding hydrogens is 360 g/mol. The lowest BCUT2D eigenvalue weighted by Gasteiger charge is -2.33. The van der Waals surface area contributed by atoms with Crippen molar-refractivity contribution in [1.29, 1.82) is 0 Å². The number of piperidine rings is 1. The molecule has 1 aliphatic rings. The van der Waals surface area contributed by atoms with Crippen molar-refractivity contribution >= 4 is 17.2 Å². The van der Waals surface area contributed by atoms with E-state index < -0.39 is 4.92 Å². The molecule has 3 heterocycles. The minimum atomic E-state index is -0.430. The third kappa shape index (κ3) is 3.26. The highest BCUT2D eigenvalue weighted by Gasteiger charge is 2.28. The van der Waals surface area contributed by atoms with Gasteiger partial charge in [0.2, 0.25) is 5.78 Å². The number of ketones is 1. The van der Waals surface area contributed by atoms with Crippen molar-refractivity contribution in [2.75, 3.05) is 18.0 Å². The van der Waals surface area contributed by atoms with Crippen molar-refractivity contribution in [3.8, 4) is 0 Å². The Morgan fingerprint density at radius 1 is 1.32 bits per heavy atom. The number of carbonyl (C=O) groups is 1. The molecule has 1 aliphatic heterocycles. The Balaban J connectivity index is 1.65. The van der Waals surface area contributed by atoms with Crippen LogP contribution in [0.3, 0.4) is 0 Å². The van der Waals surface area contributed by atoms with Gasteiger partial charge in [-0.1, -0.05) is 0 Å². The van der Waals surface area contributed by atoms with Crippen LogP contribution in [-0.2, 0) is 7.05 Å². The summed E-state index contributed by atoms with van der Waals surface area (Å²) in [5.74, 6) is 0.998. The van der Waals surface area contributed by atoms with Crippen LogP contribution in [0.15, 0.2) is 43.0 Å². The van der Waals surface area contributed by atoms with Crippen LogP contribution in [0.4, 0.5) is 11.4 Å². The van der Waals surface area contributed by atoms with E-state index in [1.165, 1.54) is 12.3 Å². The van der Waals surface area contributed by atoms with Crippen molar-refractivity contribution in [3.63, 3.8) is 0 Å². The van der Waals surface area contributed by atoms with E-state index in [1.54, 1.807) is 42.3 Å². The Labute approximate surface area is 161 Å². The number of anilines is 1. The predicted octanol–water partition coefficient (Wildman–Crippen LogP) is 2.67. The molecule has 0 saturated carbocycles. The van der Waals surface area contributed by atoms with Gasteiger partial charge in [-0.3, -0.25) is 14.9 Å². The molecule has 0 aliphatic carbocycles. The molecule has 1 saturated heterocycles. The number of aromatic amines is 1. The highest BCUT2D eigenvalue weighted by Crippen LogP contribution is 2.34. The van der Waals surface area contributed by atoms with Crippen LogP contribution in [0.5, 0.6) is 0 Å². The first-order chi connectivity index (χ1) is 13.5. The van der Waals surface area contributed by atoms with Crippen LogP contribution in [-0.4, -0.2) is 43.3 Å². The Kier molecular flexibility index (Phi) is 4.64. The third-order valence-corrected chi connectivity index (χ3v) is 5.13. The van der Waals surface area contributed by atoms with Gasteiger partial charge in [-0.25, -0.2) is 9.97 Å². The summed E-state index contributed by atoms with van der Waals surface area (Å²) in [4.78, 5) is 37.5. The van der Waals surface area contributed by atoms with Gasteiger partial charge in [-0.15, -0.1) is 0 Å². The van der Waals surface area contributed by atoms with Gasteiger partial charge in [0.25, 0.3) is 5.69 Å². The quantitative estimate of drug-likeness (QED) is 0.414. The van der Waals surface area contributed by atoms with E-state index in [9.17, 15) is 14.9 Å². The van der Waals surface area contributed by atoms with Crippen LogP contribution in [0.25, 0.3) is 0 Å². The molecule has 2 aromatic heterocycles. The average molecular weight is 380 g/mol. The van der Waals surface area contributed by atoms with Crippen molar-refractivity contribution in [1.82, 2.24) is 19.5 Å². The summed E-state index contributed by atoms with van der Waals surface area (Å²) in [5.41, 5.74) is 0.710. The lowest BCUT2D eigenvalue weighted by molar-refractivity contribution is -0.384. The maximum Gasteiger partial charge on any atom is 0.293 e. The zero-order valence-corrected chi connectivity index (χ0v) is 15.4. The fourth-order valence-corrected chi connectivity index (χ4v) is 3.71. The molecule has 1 atom stereocenters. The largest absolute Gasteiger partial charge is 0.365 e. The van der Waals surface area contributed by atoms with Crippen LogP contribution in [0.1, 0.15) is 40.8 Å². The molecule has 0 amide bonds. The van der Waals surface area contributed by atoms with Crippen molar-refractivity contribution in [3.05, 3.63) is 70.3 Å². The van der Waals surface area contributed by atoms with E-state index in [0.29, 0.717) is 12.2 Å². The number of nitro groups is 1. The Morgan fingerprint density at radius 2 is 2.18 bits per heavy atom. The van der Waals surface area contributed by atoms with E-state index in [4.69, 9.17) is 0 Å². The summed E-state index contributed by atoms with van der Waals surface area (Å²) in [6.07, 6.45) is 8.59. The molecule has 1 fully saturated rings. The number of nitrogens with zero attached hydrogens (tertiary/aromatic N) is 5. The van der Waals surface area contributed by atoms with E-state index >= 15 is 0 Å². The van der Waals surface area contributed by atoms with Gasteiger partial charge in [0, 0.05) is 62.5 Å². The predicted molar refractivity (Wildman–Crippen MR) is 103 cm³/mol. The molecule has 9 nitrogen and oxygen atoms in total. The summed E-state index contributed by atoms with van der Waals surface area (Å²) in [6.45, 7) is 1.37. The molecule has 0 spiro atoms. The van der Waals surface area contributed by atoms with E-state index in [1.807, 2.05) is 4.90 Å². The maximum absolute atomic E-state index is 12.7. The van der Waals surface area contributed by atoms with Crippen LogP contribution >= 0.6 is 0 Å². The second-order valence-electron chi connectivity index (χ2n) is 6.91. The number of aryl methyl sites for hydroxylation is 1. The number of rotatable bonds is 5. The molecule has 3 aromatic rings. The Bertz CT molecular complexity index is 1010. The standard InChI is InChI=1S/C19H20N6O3/c1-23-10-8-22-19(23)17(26)13-4-5-15(16(11-13)25(27)28)24-9-2-3-14(12-24)18-20-6-7-21-18/h4-8,10-11,14H,2-3,9,12H2,1H3,(H,20,21). The van der Waals surface area contributed by atoms with Gasteiger partial charge in [0.05, 0.1) is 4.92 Å². The first-order valence-corrected chi connectivity index (χ1v) is 9.09. The van der Waals surface area contributed by atoms with Crippen LogP contribution in [0, 0.1) is 10.1 Å². The van der Waals surface area contributed by atoms with Gasteiger partial charge in [-0.2, -0.15) is 0 Å². The summed E-state index contributed by atoms with van der Waals surface area (Å²) in [5, 5.41) is 11.7. The van der Waals surface area contributed by atoms with Gasteiger partial charge >= 0.3 is 0 Å². The zero-order chi connectivity index (χ0) is 19.7. The molecular formula is C19H20N6O3. The smallest absolute Gasteiger partial charge is 0.293 e. The molecule has 1 aromatic carbocycles. The molecule has 4 rings (SSSR count). The first kappa shape index (κ1) is 17.9. The van der Waals surface area contributed by atoms with Crippen LogP contribution < -0.4 is 4.90 Å². The van der Waals surface area contributed by atoms with Gasteiger partial charge in [0.15, 0.2) is 5.82 Å². The topological polar surface area (TPSA) is 110 Å². The Hall–Kier alpha value is -3.49. The number of hydrogen-bond acceptors (Lipinski definition) is 6. The van der Waals surface area contributed by atoms with E-state index in [0.717, 1.165) is 25.2 Å². The zero-order valence-electron chi connectivity index (χ0n) is 15.4. The molecule has 28 heavy (non-hydrogen) atoms. The number of hydrogen-bond donors (Lipinski definition) is 1. The fraction of sp³-hybridized carbons (Fsp3) is 0.316. The normalized spacial score (nSPS) is 16.9. The number of carbonyl (C=O) groups excluding carboxylic acids is 1. The molecule has 0 radical (unpaired) electrons.